The van der Waals surface area contributed by atoms with Gasteiger partial charge in [0.05, 0.1) is 21.3 Å². The molecule has 2 unspecified atom stereocenters. The molecule has 3 amide bonds. The number of methoxy groups -OCH3 is 3. The fourth-order valence-corrected chi connectivity index (χ4v) is 4.32. The van der Waals surface area contributed by atoms with Gasteiger partial charge in [-0.15, -0.1) is 0 Å². The molecule has 1 aromatic rings. The summed E-state index contributed by atoms with van der Waals surface area (Å²) < 4.78 is 16.1. The fraction of sp³-hybridized carbons (Fsp3) is 0.654. The number of benzene rings is 1. The van der Waals surface area contributed by atoms with Crippen LogP contribution in [0.3, 0.4) is 0 Å². The Kier molecular flexibility index (Phi) is 10.7. The molecule has 1 heterocycles. The van der Waals surface area contributed by atoms with Crippen LogP contribution in [0.1, 0.15) is 63.7 Å². The molecular formula is C26H41N3O6. The normalized spacial score (nSPS) is 16.6. The van der Waals surface area contributed by atoms with E-state index in [-0.39, 0.29) is 29.7 Å². The van der Waals surface area contributed by atoms with E-state index >= 15 is 0 Å². The lowest BCUT2D eigenvalue weighted by Gasteiger charge is -2.41. The zero-order valence-corrected chi connectivity index (χ0v) is 22.2. The first-order valence-electron chi connectivity index (χ1n) is 12.4. The van der Waals surface area contributed by atoms with E-state index in [2.05, 4.69) is 12.2 Å². The van der Waals surface area contributed by atoms with Crippen LogP contribution in [0.15, 0.2) is 12.1 Å². The van der Waals surface area contributed by atoms with Crippen LogP contribution < -0.4 is 19.5 Å². The summed E-state index contributed by atoms with van der Waals surface area (Å²) in [7, 11) is 4.52. The van der Waals surface area contributed by atoms with Gasteiger partial charge >= 0.3 is 0 Å². The molecular weight excluding hydrogens is 450 g/mol. The summed E-state index contributed by atoms with van der Waals surface area (Å²) >= 11 is 0. The lowest BCUT2D eigenvalue weighted by atomic mass is 10.0. The number of carbonyl (C=O) groups excluding carboxylic acids is 3. The van der Waals surface area contributed by atoms with Crippen LogP contribution in [0.25, 0.3) is 0 Å². The van der Waals surface area contributed by atoms with Gasteiger partial charge in [0.15, 0.2) is 11.5 Å². The molecule has 196 valence electrons. The fourth-order valence-electron chi connectivity index (χ4n) is 4.32. The average Bonchev–Trinajstić information content (AvgIpc) is 2.85. The molecule has 9 nitrogen and oxygen atoms in total. The standard InChI is InChI=1S/C26H41N3O6/c1-8-9-10-11-22(30)27-23(17(2)3)26(32)28-12-13-29(18(4)16-28)25(31)19-14-20(33-5)24(35-7)21(15-19)34-6/h14-15,17-18,23H,8-13,16H2,1-7H3,(H,27,30). The highest BCUT2D eigenvalue weighted by molar-refractivity contribution is 5.96. The van der Waals surface area contributed by atoms with Crippen molar-refractivity contribution in [1.29, 1.82) is 0 Å². The van der Waals surface area contributed by atoms with Gasteiger partial charge in [-0.3, -0.25) is 14.4 Å². The van der Waals surface area contributed by atoms with E-state index in [0.717, 1.165) is 19.3 Å². The molecule has 1 aliphatic heterocycles. The minimum atomic E-state index is -0.575. The number of rotatable bonds is 11. The zero-order chi connectivity index (χ0) is 26.1. The van der Waals surface area contributed by atoms with Crippen LogP contribution in [0, 0.1) is 5.92 Å². The SMILES string of the molecule is CCCCCC(=O)NC(C(=O)N1CCN(C(=O)c2cc(OC)c(OC)c(OC)c2)C(C)C1)C(C)C. The number of nitrogens with zero attached hydrogens (tertiary/aromatic N) is 2. The minimum Gasteiger partial charge on any atom is -0.493 e. The van der Waals surface area contributed by atoms with Crippen molar-refractivity contribution in [3.8, 4) is 17.2 Å². The molecule has 1 fully saturated rings. The van der Waals surface area contributed by atoms with Crippen LogP contribution in [0.5, 0.6) is 17.2 Å². The van der Waals surface area contributed by atoms with Crippen molar-refractivity contribution in [2.24, 2.45) is 5.92 Å². The van der Waals surface area contributed by atoms with Crippen molar-refractivity contribution in [3.63, 3.8) is 0 Å². The van der Waals surface area contributed by atoms with Crippen molar-refractivity contribution in [2.45, 2.75) is 65.5 Å². The van der Waals surface area contributed by atoms with Crippen molar-refractivity contribution in [1.82, 2.24) is 15.1 Å². The number of unbranched alkanes of at least 4 members (excludes halogenated alkanes) is 2. The number of hydrogen-bond donors (Lipinski definition) is 1. The molecule has 1 aromatic carbocycles. The summed E-state index contributed by atoms with van der Waals surface area (Å²) in [6.45, 7) is 9.05. The van der Waals surface area contributed by atoms with Gasteiger partial charge in [-0.1, -0.05) is 33.6 Å². The molecule has 2 atom stereocenters. The van der Waals surface area contributed by atoms with E-state index in [0.29, 0.717) is 48.9 Å². The lowest BCUT2D eigenvalue weighted by molar-refractivity contribution is -0.139. The van der Waals surface area contributed by atoms with Crippen LogP contribution in [-0.4, -0.2) is 80.6 Å². The molecule has 0 aromatic heterocycles. The molecule has 0 saturated carbocycles. The highest BCUT2D eigenvalue weighted by Gasteiger charge is 2.35. The first-order valence-corrected chi connectivity index (χ1v) is 12.4. The van der Waals surface area contributed by atoms with Gasteiger partial charge in [-0.25, -0.2) is 0 Å². The van der Waals surface area contributed by atoms with Gasteiger partial charge in [0, 0.05) is 37.7 Å². The number of amides is 3. The topological polar surface area (TPSA) is 97.4 Å². The van der Waals surface area contributed by atoms with Crippen molar-refractivity contribution in [2.75, 3.05) is 41.0 Å². The maximum atomic E-state index is 13.3. The summed E-state index contributed by atoms with van der Waals surface area (Å²) in [6.07, 6.45) is 3.28. The van der Waals surface area contributed by atoms with Crippen LogP contribution in [0.2, 0.25) is 0 Å². The Morgan fingerprint density at radius 3 is 2.14 bits per heavy atom. The first kappa shape index (κ1) is 28.3. The molecule has 35 heavy (non-hydrogen) atoms. The predicted molar refractivity (Wildman–Crippen MR) is 134 cm³/mol. The third-order valence-electron chi connectivity index (χ3n) is 6.37. The second kappa shape index (κ2) is 13.2. The van der Waals surface area contributed by atoms with E-state index < -0.39 is 6.04 Å². The maximum Gasteiger partial charge on any atom is 0.254 e. The molecule has 1 aliphatic rings. The van der Waals surface area contributed by atoms with E-state index in [1.54, 1.807) is 21.9 Å². The van der Waals surface area contributed by atoms with Gasteiger partial charge in [-0.2, -0.15) is 0 Å². The Morgan fingerprint density at radius 1 is 1.03 bits per heavy atom. The van der Waals surface area contributed by atoms with E-state index in [9.17, 15) is 14.4 Å². The summed E-state index contributed by atoms with van der Waals surface area (Å²) in [4.78, 5) is 42.5. The average molecular weight is 492 g/mol. The van der Waals surface area contributed by atoms with Gasteiger partial charge < -0.3 is 29.3 Å². The first-order chi connectivity index (χ1) is 16.7. The largest absolute Gasteiger partial charge is 0.493 e. The molecule has 0 bridgehead atoms. The summed E-state index contributed by atoms with van der Waals surface area (Å²) in [5, 5.41) is 2.93. The highest BCUT2D eigenvalue weighted by Crippen LogP contribution is 2.38. The third kappa shape index (κ3) is 7.02. The molecule has 0 aliphatic carbocycles. The monoisotopic (exact) mass is 491 g/mol. The van der Waals surface area contributed by atoms with Crippen molar-refractivity contribution < 1.29 is 28.6 Å². The van der Waals surface area contributed by atoms with Gasteiger partial charge in [0.2, 0.25) is 17.6 Å². The number of hydrogen-bond acceptors (Lipinski definition) is 6. The molecule has 1 saturated heterocycles. The van der Waals surface area contributed by atoms with E-state index in [1.165, 1.54) is 21.3 Å². The number of piperazine rings is 1. The van der Waals surface area contributed by atoms with Gasteiger partial charge in [0.1, 0.15) is 6.04 Å². The van der Waals surface area contributed by atoms with Gasteiger partial charge in [-0.05, 0) is 31.4 Å². The Labute approximate surface area is 209 Å². The van der Waals surface area contributed by atoms with E-state index in [1.807, 2.05) is 20.8 Å². The second-order valence-corrected chi connectivity index (χ2v) is 9.29. The van der Waals surface area contributed by atoms with Crippen LogP contribution >= 0.6 is 0 Å². The molecule has 2 rings (SSSR count). The van der Waals surface area contributed by atoms with Gasteiger partial charge in [0.25, 0.3) is 5.91 Å². The number of ether oxygens (including phenoxy) is 3. The second-order valence-electron chi connectivity index (χ2n) is 9.29. The summed E-state index contributed by atoms with van der Waals surface area (Å²) in [5.41, 5.74) is 0.422. The smallest absolute Gasteiger partial charge is 0.254 e. The Bertz CT molecular complexity index is 863. The van der Waals surface area contributed by atoms with Crippen molar-refractivity contribution >= 4 is 17.7 Å². The summed E-state index contributed by atoms with van der Waals surface area (Å²) in [6, 6.07) is 2.49. The molecule has 1 N–H and O–H groups in total. The molecule has 9 heteroatoms. The predicted octanol–water partition coefficient (Wildman–Crippen LogP) is 3.11. The van der Waals surface area contributed by atoms with Crippen LogP contribution in [0.4, 0.5) is 0 Å². The Balaban J connectivity index is 2.10. The summed E-state index contributed by atoms with van der Waals surface area (Å²) in [5.74, 6) is 0.842. The highest BCUT2D eigenvalue weighted by atomic mass is 16.5. The minimum absolute atomic E-state index is 0.0354. The molecule has 0 radical (unpaired) electrons. The quantitative estimate of drug-likeness (QED) is 0.478. The Morgan fingerprint density at radius 2 is 1.66 bits per heavy atom. The third-order valence-corrected chi connectivity index (χ3v) is 6.37. The maximum absolute atomic E-state index is 13.3. The molecule has 0 spiro atoms. The van der Waals surface area contributed by atoms with Crippen molar-refractivity contribution in [3.05, 3.63) is 17.7 Å². The van der Waals surface area contributed by atoms with E-state index in [4.69, 9.17) is 14.2 Å². The zero-order valence-electron chi connectivity index (χ0n) is 22.2. The number of carbonyl (C=O) groups is 3. The van der Waals surface area contributed by atoms with Crippen LogP contribution in [-0.2, 0) is 9.59 Å². The lowest BCUT2D eigenvalue weighted by Crippen LogP contribution is -2.59. The number of nitrogens with one attached hydrogen (secondary N) is 1. The Hall–Kier alpha value is -2.97.